The van der Waals surface area contributed by atoms with Crippen LogP contribution < -0.4 is 0 Å². The van der Waals surface area contributed by atoms with Gasteiger partial charge in [-0.1, -0.05) is 194 Å². The summed E-state index contributed by atoms with van der Waals surface area (Å²) in [5.41, 5.74) is 0. The molecular formula is C45H86O12S. The molecule has 13 heteroatoms. The smallest absolute Gasteiger partial charge is 0.306 e. The van der Waals surface area contributed by atoms with Gasteiger partial charge in [0.25, 0.3) is 10.1 Å². The summed E-state index contributed by atoms with van der Waals surface area (Å²) in [4.78, 5) is 25.4. The zero-order chi connectivity index (χ0) is 42.7. The summed E-state index contributed by atoms with van der Waals surface area (Å²) < 4.78 is 54.1. The molecule has 4 N–H and O–H groups in total. The third kappa shape index (κ3) is 30.6. The molecule has 0 radical (unpaired) electrons. The summed E-state index contributed by atoms with van der Waals surface area (Å²) in [5, 5.41) is 30.9. The zero-order valence-electron chi connectivity index (χ0n) is 36.7. The Labute approximate surface area is 353 Å². The maximum absolute atomic E-state index is 12.8. The van der Waals surface area contributed by atoms with Gasteiger partial charge >= 0.3 is 11.9 Å². The molecule has 0 spiro atoms. The molecule has 1 saturated heterocycles. The molecule has 0 aromatic rings. The number of rotatable bonds is 40. The van der Waals surface area contributed by atoms with Crippen molar-refractivity contribution in [2.24, 2.45) is 0 Å². The zero-order valence-corrected chi connectivity index (χ0v) is 37.5. The van der Waals surface area contributed by atoms with Crippen LogP contribution in [-0.2, 0) is 38.7 Å². The first-order chi connectivity index (χ1) is 28.0. The average Bonchev–Trinajstić information content (AvgIpc) is 3.18. The fourth-order valence-corrected chi connectivity index (χ4v) is 8.19. The van der Waals surface area contributed by atoms with Gasteiger partial charge in [-0.05, 0) is 12.8 Å². The van der Waals surface area contributed by atoms with Gasteiger partial charge in [0.2, 0.25) is 0 Å². The van der Waals surface area contributed by atoms with E-state index in [-0.39, 0.29) is 19.4 Å². The number of aliphatic hydroxyl groups excluding tert-OH is 3. The van der Waals surface area contributed by atoms with Gasteiger partial charge in [0.05, 0.1) is 6.61 Å². The van der Waals surface area contributed by atoms with Crippen LogP contribution in [0.2, 0.25) is 0 Å². The maximum atomic E-state index is 12.8. The van der Waals surface area contributed by atoms with Crippen molar-refractivity contribution in [3.63, 3.8) is 0 Å². The Morgan fingerprint density at radius 2 is 0.879 bits per heavy atom. The van der Waals surface area contributed by atoms with Gasteiger partial charge in [-0.25, -0.2) is 0 Å². The fourth-order valence-electron chi connectivity index (χ4n) is 7.50. The molecule has 0 aromatic heterocycles. The largest absolute Gasteiger partial charge is 0.462 e. The molecule has 1 heterocycles. The predicted molar refractivity (Wildman–Crippen MR) is 229 cm³/mol. The van der Waals surface area contributed by atoms with E-state index in [0.29, 0.717) is 12.8 Å². The van der Waals surface area contributed by atoms with Crippen molar-refractivity contribution < 1.29 is 56.8 Å². The van der Waals surface area contributed by atoms with Gasteiger partial charge in [-0.2, -0.15) is 8.42 Å². The van der Waals surface area contributed by atoms with E-state index in [4.69, 9.17) is 18.9 Å². The van der Waals surface area contributed by atoms with Gasteiger partial charge in [0, 0.05) is 12.8 Å². The molecule has 0 bridgehead atoms. The molecule has 1 fully saturated rings. The lowest BCUT2D eigenvalue weighted by molar-refractivity contribution is -0.297. The second-order valence-electron chi connectivity index (χ2n) is 16.8. The number of carbonyl (C=O) groups is 2. The Kier molecular flexibility index (Phi) is 34.2. The minimum absolute atomic E-state index is 0.172. The minimum atomic E-state index is -4.60. The third-order valence-corrected chi connectivity index (χ3v) is 11.9. The molecule has 58 heavy (non-hydrogen) atoms. The Bertz CT molecular complexity index is 1090. The highest BCUT2D eigenvalue weighted by atomic mass is 32.2. The normalized spacial score (nSPS) is 20.3. The van der Waals surface area contributed by atoms with Crippen LogP contribution in [0.3, 0.4) is 0 Å². The lowest BCUT2D eigenvalue weighted by atomic mass is 10.00. The van der Waals surface area contributed by atoms with Crippen LogP contribution in [0.4, 0.5) is 0 Å². The monoisotopic (exact) mass is 851 g/mol. The van der Waals surface area contributed by atoms with Crippen molar-refractivity contribution in [3.8, 4) is 0 Å². The molecule has 1 unspecified atom stereocenters. The lowest BCUT2D eigenvalue weighted by Gasteiger charge is -2.40. The van der Waals surface area contributed by atoms with Crippen molar-refractivity contribution in [1.82, 2.24) is 0 Å². The molecule has 344 valence electrons. The van der Waals surface area contributed by atoms with E-state index in [2.05, 4.69) is 13.8 Å². The summed E-state index contributed by atoms with van der Waals surface area (Å²) in [5.74, 6) is -1.96. The van der Waals surface area contributed by atoms with Crippen LogP contribution in [0.15, 0.2) is 0 Å². The van der Waals surface area contributed by atoms with Crippen LogP contribution in [0, 0.1) is 0 Å². The Hall–Kier alpha value is -1.35. The minimum Gasteiger partial charge on any atom is -0.462 e. The summed E-state index contributed by atoms with van der Waals surface area (Å²) in [6, 6.07) is 0. The van der Waals surface area contributed by atoms with E-state index in [1.165, 1.54) is 141 Å². The molecule has 0 aromatic carbocycles. The average molecular weight is 851 g/mol. The topological polar surface area (TPSA) is 186 Å². The molecule has 0 saturated carbocycles. The van der Waals surface area contributed by atoms with Gasteiger partial charge in [-0.3, -0.25) is 14.1 Å². The molecular weight excluding hydrogens is 765 g/mol. The standard InChI is InChI=1S/C45H86O12S/c1-3-5-7-9-11-13-15-17-19-21-23-25-27-29-31-33-40(46)54-35-38(36-55-45-44(50)43(49)42(48)39(57-45)37-58(51,52)53)56-41(47)34-32-30-28-26-24-22-20-18-16-14-12-10-8-6-4-2/h38-39,42-45,48-50H,3-37H2,1-2H3,(H,51,52,53)/t38?,39-,42-,43+,44+,45+/m1/s1. The first-order valence-electron chi connectivity index (χ1n) is 23.6. The summed E-state index contributed by atoms with van der Waals surface area (Å²) in [6.07, 6.45) is 27.1. The summed E-state index contributed by atoms with van der Waals surface area (Å²) >= 11 is 0. The van der Waals surface area contributed by atoms with E-state index in [9.17, 15) is 37.9 Å². The van der Waals surface area contributed by atoms with Crippen molar-refractivity contribution in [3.05, 3.63) is 0 Å². The Balaban J connectivity index is 2.41. The van der Waals surface area contributed by atoms with Crippen LogP contribution in [-0.4, -0.2) is 96.0 Å². The number of aliphatic hydroxyl groups is 3. The molecule has 12 nitrogen and oxygen atoms in total. The van der Waals surface area contributed by atoms with Gasteiger partial charge in [-0.15, -0.1) is 0 Å². The highest BCUT2D eigenvalue weighted by molar-refractivity contribution is 7.85. The molecule has 1 aliphatic heterocycles. The first-order valence-corrected chi connectivity index (χ1v) is 25.2. The van der Waals surface area contributed by atoms with Crippen LogP contribution in [0.25, 0.3) is 0 Å². The number of ether oxygens (including phenoxy) is 4. The van der Waals surface area contributed by atoms with Crippen LogP contribution >= 0.6 is 0 Å². The highest BCUT2D eigenvalue weighted by Gasteiger charge is 2.46. The van der Waals surface area contributed by atoms with Gasteiger partial charge < -0.3 is 34.3 Å². The molecule has 1 rings (SSSR count). The molecule has 6 atom stereocenters. The number of carbonyl (C=O) groups excluding carboxylic acids is 2. The van der Waals surface area contributed by atoms with E-state index in [1.807, 2.05) is 0 Å². The van der Waals surface area contributed by atoms with E-state index in [0.717, 1.165) is 38.5 Å². The number of unbranched alkanes of at least 4 members (excludes halogenated alkanes) is 28. The van der Waals surface area contributed by atoms with Gasteiger partial charge in [0.1, 0.15) is 36.8 Å². The second kappa shape index (κ2) is 36.3. The summed E-state index contributed by atoms with van der Waals surface area (Å²) in [7, 11) is -4.60. The van der Waals surface area contributed by atoms with E-state index in [1.54, 1.807) is 0 Å². The predicted octanol–water partition coefficient (Wildman–Crippen LogP) is 9.68. The molecule has 0 aliphatic carbocycles. The maximum Gasteiger partial charge on any atom is 0.306 e. The SMILES string of the molecule is CCCCCCCCCCCCCCCCCC(=O)OCC(CO[C@H]1O[C@H](CS(=O)(=O)O)[C@@H](O)[C@H](O)[C@@H]1O)OC(=O)CCCCCCCCCCCCCCCCC. The molecule has 1 aliphatic rings. The van der Waals surface area contributed by atoms with Crippen LogP contribution in [0.1, 0.15) is 219 Å². The number of hydrogen-bond acceptors (Lipinski definition) is 11. The Morgan fingerprint density at radius 3 is 1.26 bits per heavy atom. The lowest BCUT2D eigenvalue weighted by Crippen LogP contribution is -2.60. The summed E-state index contributed by atoms with van der Waals surface area (Å²) in [6.45, 7) is 3.79. The van der Waals surface area contributed by atoms with Crippen LogP contribution in [0.5, 0.6) is 0 Å². The van der Waals surface area contributed by atoms with Crippen molar-refractivity contribution in [2.45, 2.75) is 256 Å². The number of hydrogen-bond donors (Lipinski definition) is 4. The van der Waals surface area contributed by atoms with E-state index < -0.39 is 71.2 Å². The van der Waals surface area contributed by atoms with Crippen molar-refractivity contribution in [2.75, 3.05) is 19.0 Å². The van der Waals surface area contributed by atoms with Gasteiger partial charge in [0.15, 0.2) is 12.4 Å². The highest BCUT2D eigenvalue weighted by Crippen LogP contribution is 2.24. The second-order valence-corrected chi connectivity index (χ2v) is 18.3. The first kappa shape index (κ1) is 54.7. The van der Waals surface area contributed by atoms with Crippen molar-refractivity contribution in [1.29, 1.82) is 0 Å². The third-order valence-electron chi connectivity index (χ3n) is 11.2. The Morgan fingerprint density at radius 1 is 0.517 bits per heavy atom. The molecule has 0 amide bonds. The van der Waals surface area contributed by atoms with E-state index >= 15 is 0 Å². The quantitative estimate of drug-likeness (QED) is 0.0260. The number of esters is 2. The van der Waals surface area contributed by atoms with Crippen molar-refractivity contribution >= 4 is 22.1 Å². The fraction of sp³-hybridized carbons (Fsp3) is 0.956.